The fraction of sp³-hybridized carbons (Fsp3) is 0.111. The molecule has 2 aromatic carbocycles. The summed E-state index contributed by atoms with van der Waals surface area (Å²) in [5.41, 5.74) is 3.49. The predicted octanol–water partition coefficient (Wildman–Crippen LogP) is 4.49. The molecule has 0 spiro atoms. The first-order valence-electron chi connectivity index (χ1n) is 7.00. The second-order valence-electron chi connectivity index (χ2n) is 5.15. The Balaban J connectivity index is 1.64. The summed E-state index contributed by atoms with van der Waals surface area (Å²) in [6.07, 6.45) is 1.97. The molecule has 3 nitrogen and oxygen atoms in total. The standard InChI is InChI=1S/C18H13BrNO2/c19-15-6-4-14(5-7-15)16-2-1-9-20(16)11-13-3-8-17-18(10-13)22-12-21-17/h2-10H,11-12H2. The molecule has 0 amide bonds. The Labute approximate surface area is 137 Å². The normalized spacial score (nSPS) is 12.6. The highest BCUT2D eigenvalue weighted by Gasteiger charge is 2.13. The van der Waals surface area contributed by atoms with Crippen LogP contribution in [0.1, 0.15) is 5.56 Å². The molecule has 1 aromatic heterocycles. The summed E-state index contributed by atoms with van der Waals surface area (Å²) >= 11 is 3.47. The van der Waals surface area contributed by atoms with Crippen molar-refractivity contribution >= 4 is 15.9 Å². The van der Waals surface area contributed by atoms with E-state index >= 15 is 0 Å². The molecular formula is C18H13BrNO2. The fourth-order valence-corrected chi connectivity index (χ4v) is 2.86. The molecule has 1 radical (unpaired) electrons. The molecule has 0 bridgehead atoms. The van der Waals surface area contributed by atoms with Crippen molar-refractivity contribution in [1.82, 2.24) is 4.57 Å². The Hall–Kier alpha value is -2.20. The molecule has 4 heteroatoms. The third-order valence-electron chi connectivity index (χ3n) is 3.69. The van der Waals surface area contributed by atoms with E-state index in [4.69, 9.17) is 9.47 Å². The third-order valence-corrected chi connectivity index (χ3v) is 4.22. The van der Waals surface area contributed by atoms with Gasteiger partial charge >= 0.3 is 0 Å². The van der Waals surface area contributed by atoms with E-state index < -0.39 is 0 Å². The number of hydrogen-bond donors (Lipinski definition) is 0. The van der Waals surface area contributed by atoms with Crippen molar-refractivity contribution in [3.05, 3.63) is 70.8 Å². The summed E-state index contributed by atoms with van der Waals surface area (Å²) in [7, 11) is 0. The number of fused-ring (bicyclic) bond motifs is 1. The molecule has 0 atom stereocenters. The maximum Gasteiger partial charge on any atom is 0.231 e. The molecule has 0 saturated heterocycles. The molecule has 0 fully saturated rings. The number of nitrogens with zero attached hydrogens (tertiary/aromatic N) is 1. The van der Waals surface area contributed by atoms with Gasteiger partial charge in [0.1, 0.15) is 0 Å². The third kappa shape index (κ3) is 2.50. The predicted molar refractivity (Wildman–Crippen MR) is 88.1 cm³/mol. The minimum absolute atomic E-state index is 0.306. The van der Waals surface area contributed by atoms with Gasteiger partial charge in [-0.25, -0.2) is 0 Å². The van der Waals surface area contributed by atoms with Crippen LogP contribution in [-0.2, 0) is 6.54 Å². The van der Waals surface area contributed by atoms with Gasteiger partial charge in [-0.1, -0.05) is 34.1 Å². The van der Waals surface area contributed by atoms with E-state index in [0.29, 0.717) is 6.79 Å². The van der Waals surface area contributed by atoms with Gasteiger partial charge in [0, 0.05) is 29.0 Å². The van der Waals surface area contributed by atoms with Crippen LogP contribution in [0, 0.1) is 6.07 Å². The molecule has 1 aliphatic heterocycles. The topological polar surface area (TPSA) is 23.4 Å². The zero-order valence-corrected chi connectivity index (χ0v) is 13.3. The first-order chi connectivity index (χ1) is 10.8. The zero-order chi connectivity index (χ0) is 14.9. The van der Waals surface area contributed by atoms with Crippen molar-refractivity contribution in [2.45, 2.75) is 6.54 Å². The Morgan fingerprint density at radius 2 is 1.86 bits per heavy atom. The van der Waals surface area contributed by atoms with Crippen molar-refractivity contribution in [3.63, 3.8) is 0 Å². The molecule has 0 saturated carbocycles. The van der Waals surface area contributed by atoms with Crippen LogP contribution in [0.5, 0.6) is 11.5 Å². The molecule has 0 unspecified atom stereocenters. The quantitative estimate of drug-likeness (QED) is 0.691. The molecule has 22 heavy (non-hydrogen) atoms. The Kier molecular flexibility index (Phi) is 3.39. The first-order valence-corrected chi connectivity index (χ1v) is 7.79. The smallest absolute Gasteiger partial charge is 0.231 e. The van der Waals surface area contributed by atoms with E-state index in [0.717, 1.165) is 28.2 Å². The van der Waals surface area contributed by atoms with E-state index in [1.165, 1.54) is 11.1 Å². The molecule has 3 aromatic rings. The van der Waals surface area contributed by atoms with Gasteiger partial charge in [-0.05, 0) is 41.5 Å². The van der Waals surface area contributed by atoms with Gasteiger partial charge in [-0.2, -0.15) is 0 Å². The summed E-state index contributed by atoms with van der Waals surface area (Å²) in [5.74, 6) is 1.63. The molecule has 0 aliphatic carbocycles. The van der Waals surface area contributed by atoms with Gasteiger partial charge in [0.05, 0.1) is 0 Å². The number of aromatic nitrogens is 1. The van der Waals surface area contributed by atoms with E-state index in [1.807, 2.05) is 36.5 Å². The van der Waals surface area contributed by atoms with Crippen molar-refractivity contribution in [2.75, 3.05) is 6.79 Å². The molecule has 1 aliphatic rings. The van der Waals surface area contributed by atoms with Gasteiger partial charge in [-0.3, -0.25) is 0 Å². The van der Waals surface area contributed by atoms with Crippen molar-refractivity contribution in [1.29, 1.82) is 0 Å². The SMILES string of the molecule is Brc1ccc(-c2c[c]cn2Cc2ccc3c(c2)OCO3)cc1. The lowest BCUT2D eigenvalue weighted by atomic mass is 10.1. The fourth-order valence-electron chi connectivity index (χ4n) is 2.60. The molecule has 2 heterocycles. The average molecular weight is 355 g/mol. The first kappa shape index (κ1) is 13.5. The molecular weight excluding hydrogens is 342 g/mol. The van der Waals surface area contributed by atoms with Crippen molar-refractivity contribution in [2.24, 2.45) is 0 Å². The minimum atomic E-state index is 0.306. The summed E-state index contributed by atoms with van der Waals surface area (Å²) in [5, 5.41) is 0. The highest BCUT2D eigenvalue weighted by Crippen LogP contribution is 2.33. The maximum absolute atomic E-state index is 5.44. The molecule has 4 rings (SSSR count). The number of ether oxygens (including phenoxy) is 2. The van der Waals surface area contributed by atoms with Gasteiger partial charge in [0.25, 0.3) is 0 Å². The second-order valence-corrected chi connectivity index (χ2v) is 6.06. The summed E-state index contributed by atoms with van der Waals surface area (Å²) in [6.45, 7) is 1.08. The second kappa shape index (κ2) is 5.54. The van der Waals surface area contributed by atoms with Crippen LogP contribution in [0.4, 0.5) is 0 Å². The number of halogens is 1. The maximum atomic E-state index is 5.44. The van der Waals surface area contributed by atoms with Crippen LogP contribution in [0.15, 0.2) is 59.2 Å². The lowest BCUT2D eigenvalue weighted by Crippen LogP contribution is -2.00. The largest absolute Gasteiger partial charge is 0.454 e. The van der Waals surface area contributed by atoms with E-state index in [9.17, 15) is 0 Å². The van der Waals surface area contributed by atoms with Gasteiger partial charge in [0.15, 0.2) is 11.5 Å². The van der Waals surface area contributed by atoms with Crippen LogP contribution in [-0.4, -0.2) is 11.4 Å². The lowest BCUT2D eigenvalue weighted by Gasteiger charge is -2.10. The number of benzene rings is 2. The number of rotatable bonds is 3. The average Bonchev–Trinajstić information content (AvgIpc) is 3.17. The summed E-state index contributed by atoms with van der Waals surface area (Å²) < 4.78 is 14.1. The van der Waals surface area contributed by atoms with Gasteiger partial charge in [-0.15, -0.1) is 0 Å². The van der Waals surface area contributed by atoms with Gasteiger partial charge in [0.2, 0.25) is 6.79 Å². The van der Waals surface area contributed by atoms with Crippen LogP contribution in [0.3, 0.4) is 0 Å². The van der Waals surface area contributed by atoms with Crippen molar-refractivity contribution < 1.29 is 9.47 Å². The van der Waals surface area contributed by atoms with E-state index in [1.54, 1.807) is 0 Å². The highest BCUT2D eigenvalue weighted by molar-refractivity contribution is 9.10. The van der Waals surface area contributed by atoms with Crippen molar-refractivity contribution in [3.8, 4) is 22.8 Å². The van der Waals surface area contributed by atoms with Gasteiger partial charge < -0.3 is 14.0 Å². The number of hydrogen-bond acceptors (Lipinski definition) is 2. The highest BCUT2D eigenvalue weighted by atomic mass is 79.9. The zero-order valence-electron chi connectivity index (χ0n) is 11.8. The Bertz CT molecular complexity index is 808. The Morgan fingerprint density at radius 3 is 2.73 bits per heavy atom. The van der Waals surface area contributed by atoms with Crippen LogP contribution < -0.4 is 9.47 Å². The van der Waals surface area contributed by atoms with Crippen LogP contribution >= 0.6 is 15.9 Å². The van der Waals surface area contributed by atoms with E-state index in [-0.39, 0.29) is 0 Å². The van der Waals surface area contributed by atoms with E-state index in [2.05, 4.69) is 44.8 Å². The lowest BCUT2D eigenvalue weighted by molar-refractivity contribution is 0.174. The summed E-state index contributed by atoms with van der Waals surface area (Å²) in [4.78, 5) is 0. The summed E-state index contributed by atoms with van der Waals surface area (Å²) in [6, 6.07) is 19.6. The Morgan fingerprint density at radius 1 is 1.05 bits per heavy atom. The molecule has 0 N–H and O–H groups in total. The molecule has 109 valence electrons. The van der Waals surface area contributed by atoms with Crippen LogP contribution in [0.25, 0.3) is 11.3 Å². The van der Waals surface area contributed by atoms with Crippen LogP contribution in [0.2, 0.25) is 0 Å². The monoisotopic (exact) mass is 354 g/mol. The minimum Gasteiger partial charge on any atom is -0.454 e.